The molecule has 1 aromatic heterocycles. The van der Waals surface area contributed by atoms with Crippen LogP contribution in [0, 0.1) is 5.92 Å². The van der Waals surface area contributed by atoms with Crippen molar-refractivity contribution in [2.75, 3.05) is 18.0 Å². The van der Waals surface area contributed by atoms with Crippen molar-refractivity contribution in [3.05, 3.63) is 23.5 Å². The van der Waals surface area contributed by atoms with E-state index in [9.17, 15) is 0 Å². The molecule has 2 atom stereocenters. The van der Waals surface area contributed by atoms with Gasteiger partial charge in [-0.2, -0.15) is 0 Å². The third kappa shape index (κ3) is 1.70. The van der Waals surface area contributed by atoms with Crippen LogP contribution in [-0.4, -0.2) is 24.1 Å². The molecule has 14 heavy (non-hydrogen) atoms. The van der Waals surface area contributed by atoms with Crippen molar-refractivity contribution >= 4 is 17.3 Å². The van der Waals surface area contributed by atoms with Crippen LogP contribution >= 0.6 is 11.6 Å². The van der Waals surface area contributed by atoms with Gasteiger partial charge in [0, 0.05) is 31.5 Å². The van der Waals surface area contributed by atoms with Crippen molar-refractivity contribution in [3.63, 3.8) is 0 Å². The number of nitrogens with two attached hydrogens (primary N) is 1. The number of hydrogen-bond donors (Lipinski definition) is 1. The third-order valence-electron chi connectivity index (χ3n) is 2.76. The lowest BCUT2D eigenvalue weighted by atomic mass is 10.1. The largest absolute Gasteiger partial charge is 0.368 e. The molecule has 4 heteroatoms. The van der Waals surface area contributed by atoms with E-state index in [4.69, 9.17) is 17.3 Å². The number of pyridine rings is 1. The third-order valence-corrected chi connectivity index (χ3v) is 3.05. The number of rotatable bonds is 1. The Morgan fingerprint density at radius 2 is 2.36 bits per heavy atom. The van der Waals surface area contributed by atoms with Gasteiger partial charge in [0.05, 0.1) is 10.7 Å². The summed E-state index contributed by atoms with van der Waals surface area (Å²) in [5, 5.41) is 0.703. The summed E-state index contributed by atoms with van der Waals surface area (Å²) in [5.41, 5.74) is 7.00. The average molecular weight is 212 g/mol. The number of anilines is 1. The highest BCUT2D eigenvalue weighted by atomic mass is 35.5. The minimum atomic E-state index is 0.249. The van der Waals surface area contributed by atoms with Crippen LogP contribution in [0.25, 0.3) is 0 Å². The van der Waals surface area contributed by atoms with E-state index in [2.05, 4.69) is 16.8 Å². The van der Waals surface area contributed by atoms with Gasteiger partial charge in [-0.15, -0.1) is 0 Å². The van der Waals surface area contributed by atoms with Crippen LogP contribution in [-0.2, 0) is 0 Å². The Balaban J connectivity index is 2.21. The smallest absolute Gasteiger partial charge is 0.0822 e. The van der Waals surface area contributed by atoms with E-state index in [1.165, 1.54) is 0 Å². The maximum absolute atomic E-state index is 6.05. The molecule has 0 aromatic carbocycles. The standard InChI is InChI=1S/C10H14ClN3/c1-7-5-14(6-9(7)12)10-2-3-13-4-8(10)11/h2-4,7,9H,5-6,12H2,1H3. The van der Waals surface area contributed by atoms with E-state index in [0.717, 1.165) is 18.8 Å². The van der Waals surface area contributed by atoms with Crippen molar-refractivity contribution in [2.24, 2.45) is 11.7 Å². The summed E-state index contributed by atoms with van der Waals surface area (Å²) < 4.78 is 0. The Bertz CT molecular complexity index is 319. The quantitative estimate of drug-likeness (QED) is 0.766. The van der Waals surface area contributed by atoms with E-state index in [-0.39, 0.29) is 6.04 Å². The predicted octanol–water partition coefficient (Wildman–Crippen LogP) is 1.52. The van der Waals surface area contributed by atoms with Crippen molar-refractivity contribution in [3.8, 4) is 0 Å². The summed E-state index contributed by atoms with van der Waals surface area (Å²) in [5.74, 6) is 0.527. The molecule has 2 heterocycles. The fourth-order valence-corrected chi connectivity index (χ4v) is 2.05. The molecule has 2 N–H and O–H groups in total. The van der Waals surface area contributed by atoms with Gasteiger partial charge in [0.15, 0.2) is 0 Å². The molecule has 1 aliphatic heterocycles. The molecule has 0 bridgehead atoms. The first kappa shape index (κ1) is 9.74. The van der Waals surface area contributed by atoms with E-state index in [1.54, 1.807) is 12.4 Å². The van der Waals surface area contributed by atoms with Crippen molar-refractivity contribution in [1.29, 1.82) is 0 Å². The highest BCUT2D eigenvalue weighted by Crippen LogP contribution is 2.28. The Hall–Kier alpha value is -0.800. The molecule has 76 valence electrons. The molecular weight excluding hydrogens is 198 g/mol. The molecule has 0 amide bonds. The lowest BCUT2D eigenvalue weighted by Crippen LogP contribution is -2.28. The highest BCUT2D eigenvalue weighted by molar-refractivity contribution is 6.33. The normalized spacial score (nSPS) is 26.9. The summed E-state index contributed by atoms with van der Waals surface area (Å²) in [7, 11) is 0. The highest BCUT2D eigenvalue weighted by Gasteiger charge is 2.27. The number of aromatic nitrogens is 1. The Labute approximate surface area is 88.9 Å². The van der Waals surface area contributed by atoms with Gasteiger partial charge < -0.3 is 10.6 Å². The zero-order valence-corrected chi connectivity index (χ0v) is 8.91. The topological polar surface area (TPSA) is 42.2 Å². The fourth-order valence-electron chi connectivity index (χ4n) is 1.81. The monoisotopic (exact) mass is 211 g/mol. The van der Waals surface area contributed by atoms with Gasteiger partial charge in [0.2, 0.25) is 0 Å². The maximum atomic E-state index is 6.05. The first-order valence-corrected chi connectivity index (χ1v) is 5.16. The first-order valence-electron chi connectivity index (χ1n) is 4.78. The van der Waals surface area contributed by atoms with E-state index in [1.807, 2.05) is 6.07 Å². The molecular formula is C10H14ClN3. The summed E-state index contributed by atoms with van der Waals surface area (Å²) in [6.45, 7) is 4.02. The van der Waals surface area contributed by atoms with Gasteiger partial charge in [0.25, 0.3) is 0 Å². The molecule has 3 nitrogen and oxygen atoms in total. The van der Waals surface area contributed by atoms with Crippen LogP contribution in [0.1, 0.15) is 6.92 Å². The number of nitrogens with zero attached hydrogens (tertiary/aromatic N) is 2. The molecule has 0 saturated carbocycles. The SMILES string of the molecule is CC1CN(c2ccncc2Cl)CC1N. The average Bonchev–Trinajstić information content (AvgIpc) is 2.48. The van der Waals surface area contributed by atoms with Gasteiger partial charge in [-0.3, -0.25) is 4.98 Å². The van der Waals surface area contributed by atoms with Crippen molar-refractivity contribution in [1.82, 2.24) is 4.98 Å². The van der Waals surface area contributed by atoms with Gasteiger partial charge in [0.1, 0.15) is 0 Å². The van der Waals surface area contributed by atoms with Crippen LogP contribution in [0.5, 0.6) is 0 Å². The van der Waals surface area contributed by atoms with E-state index < -0.39 is 0 Å². The van der Waals surface area contributed by atoms with Crippen LogP contribution in [0.2, 0.25) is 5.02 Å². The number of hydrogen-bond acceptors (Lipinski definition) is 3. The Morgan fingerprint density at radius 3 is 2.93 bits per heavy atom. The maximum Gasteiger partial charge on any atom is 0.0822 e. The van der Waals surface area contributed by atoms with Crippen LogP contribution in [0.15, 0.2) is 18.5 Å². The Kier molecular flexibility index (Phi) is 2.61. The lowest BCUT2D eigenvalue weighted by molar-refractivity contribution is 0.566. The van der Waals surface area contributed by atoms with Crippen LogP contribution in [0.4, 0.5) is 5.69 Å². The van der Waals surface area contributed by atoms with Crippen LogP contribution < -0.4 is 10.6 Å². The Morgan fingerprint density at radius 1 is 1.57 bits per heavy atom. The van der Waals surface area contributed by atoms with Gasteiger partial charge in [-0.25, -0.2) is 0 Å². The zero-order chi connectivity index (χ0) is 10.1. The van der Waals surface area contributed by atoms with E-state index in [0.29, 0.717) is 10.9 Å². The molecule has 1 fully saturated rings. The van der Waals surface area contributed by atoms with Crippen LogP contribution in [0.3, 0.4) is 0 Å². The molecule has 0 spiro atoms. The minimum Gasteiger partial charge on any atom is -0.368 e. The molecule has 0 radical (unpaired) electrons. The van der Waals surface area contributed by atoms with Crippen molar-refractivity contribution in [2.45, 2.75) is 13.0 Å². The second kappa shape index (κ2) is 3.75. The summed E-state index contributed by atoms with van der Waals surface area (Å²) in [6.07, 6.45) is 3.43. The molecule has 1 aliphatic rings. The second-order valence-electron chi connectivity index (χ2n) is 3.87. The summed E-state index contributed by atoms with van der Waals surface area (Å²) >= 11 is 6.05. The molecule has 1 aromatic rings. The lowest BCUT2D eigenvalue weighted by Gasteiger charge is -2.18. The molecule has 2 unspecified atom stereocenters. The first-order chi connectivity index (χ1) is 6.68. The summed E-state index contributed by atoms with van der Waals surface area (Å²) in [6, 6.07) is 2.19. The zero-order valence-electron chi connectivity index (χ0n) is 8.15. The van der Waals surface area contributed by atoms with Gasteiger partial charge >= 0.3 is 0 Å². The van der Waals surface area contributed by atoms with Gasteiger partial charge in [-0.1, -0.05) is 18.5 Å². The summed E-state index contributed by atoms with van der Waals surface area (Å²) in [4.78, 5) is 6.19. The van der Waals surface area contributed by atoms with Gasteiger partial charge in [-0.05, 0) is 12.0 Å². The minimum absolute atomic E-state index is 0.249. The molecule has 0 aliphatic carbocycles. The molecule has 1 saturated heterocycles. The second-order valence-corrected chi connectivity index (χ2v) is 4.28. The van der Waals surface area contributed by atoms with E-state index >= 15 is 0 Å². The fraction of sp³-hybridized carbons (Fsp3) is 0.500. The predicted molar refractivity (Wildman–Crippen MR) is 58.6 cm³/mol. The van der Waals surface area contributed by atoms with Crippen molar-refractivity contribution < 1.29 is 0 Å². The number of halogens is 1. The molecule has 2 rings (SSSR count).